The van der Waals surface area contributed by atoms with Gasteiger partial charge in [0.15, 0.2) is 0 Å². The molecule has 2 N–H and O–H groups in total. The van der Waals surface area contributed by atoms with Gasteiger partial charge in [-0.05, 0) is 47.9 Å². The zero-order valence-electron chi connectivity index (χ0n) is 19.6. The molecule has 0 unspecified atom stereocenters. The molecule has 0 fully saturated rings. The van der Waals surface area contributed by atoms with E-state index in [0.717, 1.165) is 33.3 Å². The summed E-state index contributed by atoms with van der Waals surface area (Å²) in [6.07, 6.45) is 3.46. The number of aryl methyl sites for hydroxylation is 1. The number of hydrogen-bond donors (Lipinski definition) is 2. The number of furan rings is 1. The minimum absolute atomic E-state index is 0.0801. The van der Waals surface area contributed by atoms with Crippen molar-refractivity contribution in [3.8, 4) is 22.3 Å². The molecule has 2 aromatic heterocycles. The third kappa shape index (κ3) is 6.01. The van der Waals surface area contributed by atoms with Gasteiger partial charge in [0.05, 0.1) is 6.26 Å². The van der Waals surface area contributed by atoms with Crippen molar-refractivity contribution in [2.45, 2.75) is 20.8 Å². The molecule has 168 valence electrons. The van der Waals surface area contributed by atoms with E-state index < -0.39 is 0 Å². The second kappa shape index (κ2) is 11.5. The van der Waals surface area contributed by atoms with Gasteiger partial charge in [-0.1, -0.05) is 74.0 Å². The molecule has 0 saturated heterocycles. The van der Waals surface area contributed by atoms with E-state index in [-0.39, 0.29) is 5.56 Å². The first-order valence-electron chi connectivity index (χ1n) is 11.1. The van der Waals surface area contributed by atoms with Gasteiger partial charge in [-0.3, -0.25) is 4.79 Å². The minimum atomic E-state index is -0.0801. The number of fused-ring (bicyclic) bond motifs is 1. The van der Waals surface area contributed by atoms with Crippen LogP contribution in [0.15, 0.2) is 107 Å². The fraction of sp³-hybridized carbons (Fsp3) is 0.138. The zero-order chi connectivity index (χ0) is 23.6. The molecule has 4 nitrogen and oxygen atoms in total. The molecule has 0 atom stereocenters. The Hall–Kier alpha value is -4.05. The summed E-state index contributed by atoms with van der Waals surface area (Å²) in [6.45, 7) is 6.10. The maximum absolute atomic E-state index is 10.9. The van der Waals surface area contributed by atoms with Crippen molar-refractivity contribution in [3.63, 3.8) is 0 Å². The molecule has 5 rings (SSSR count). The Morgan fingerprint density at radius 1 is 0.788 bits per heavy atom. The lowest BCUT2D eigenvalue weighted by Gasteiger charge is -2.04. The molecule has 0 aliphatic rings. The summed E-state index contributed by atoms with van der Waals surface area (Å²) >= 11 is 0. The fourth-order valence-electron chi connectivity index (χ4n) is 3.48. The molecule has 0 spiro atoms. The average Bonchev–Trinajstić information content (AvgIpc) is 3.35. The van der Waals surface area contributed by atoms with Gasteiger partial charge in [0.25, 0.3) is 0 Å². The topological polar surface area (TPSA) is 58.0 Å². The molecule has 4 heteroatoms. The van der Waals surface area contributed by atoms with Crippen LogP contribution in [0.5, 0.6) is 0 Å². The Labute approximate surface area is 194 Å². The minimum Gasteiger partial charge on any atom is -0.464 e. The molecule has 5 aromatic rings. The summed E-state index contributed by atoms with van der Waals surface area (Å²) in [6, 6.07) is 28.1. The van der Waals surface area contributed by atoms with Crippen LogP contribution in [0.2, 0.25) is 0 Å². The van der Waals surface area contributed by atoms with Crippen molar-refractivity contribution in [2.75, 3.05) is 12.4 Å². The summed E-state index contributed by atoms with van der Waals surface area (Å²) in [5, 5.41) is 4.23. The normalized spacial score (nSPS) is 9.94. The van der Waals surface area contributed by atoms with Gasteiger partial charge in [0.2, 0.25) is 5.56 Å². The second-order valence-corrected chi connectivity index (χ2v) is 7.29. The van der Waals surface area contributed by atoms with Crippen molar-refractivity contribution in [3.05, 3.63) is 113 Å². The lowest BCUT2D eigenvalue weighted by molar-refractivity contribution is 0.617. The van der Waals surface area contributed by atoms with Gasteiger partial charge in [-0.15, -0.1) is 0 Å². The molecule has 33 heavy (non-hydrogen) atoms. The number of benzene rings is 3. The van der Waals surface area contributed by atoms with Crippen LogP contribution in [0.25, 0.3) is 33.2 Å². The molecular weight excluding hydrogens is 408 g/mol. The summed E-state index contributed by atoms with van der Waals surface area (Å²) in [5.74, 6) is 0. The zero-order valence-corrected chi connectivity index (χ0v) is 19.6. The predicted octanol–water partition coefficient (Wildman–Crippen LogP) is 7.52. The second-order valence-electron chi connectivity index (χ2n) is 7.29. The Morgan fingerprint density at radius 3 is 2.27 bits per heavy atom. The standard InChI is InChI=1S/C15H12O.C12H12N2O.C2H6/c1-11-4-2-6-13(10-11)14-7-3-5-12-8-9-16-15(12)14;1-13-11-4-2-3-9(7-11)10-5-6-12(15)14-8-10;1-2/h2-10H,1H3;2-8,13H,1H3,(H,14,15);1-2H3. The van der Waals surface area contributed by atoms with Crippen LogP contribution >= 0.6 is 0 Å². The molecule has 0 amide bonds. The monoisotopic (exact) mass is 438 g/mol. The summed E-state index contributed by atoms with van der Waals surface area (Å²) < 4.78 is 5.54. The molecule has 2 heterocycles. The average molecular weight is 439 g/mol. The quantitative estimate of drug-likeness (QED) is 0.306. The highest BCUT2D eigenvalue weighted by Gasteiger charge is 2.05. The highest BCUT2D eigenvalue weighted by atomic mass is 16.3. The molecule has 0 bridgehead atoms. The van der Waals surface area contributed by atoms with Gasteiger partial charge in [0.1, 0.15) is 5.58 Å². The smallest absolute Gasteiger partial charge is 0.247 e. The van der Waals surface area contributed by atoms with Gasteiger partial charge >= 0.3 is 0 Å². The lowest BCUT2D eigenvalue weighted by atomic mass is 10.0. The van der Waals surface area contributed by atoms with Crippen molar-refractivity contribution in [1.82, 2.24) is 4.98 Å². The van der Waals surface area contributed by atoms with Crippen LogP contribution in [-0.4, -0.2) is 12.0 Å². The number of aromatic nitrogens is 1. The predicted molar refractivity (Wildman–Crippen MR) is 140 cm³/mol. The SMILES string of the molecule is CC.CNc1cccc(-c2ccc(=O)[nH]c2)c1.Cc1cccc(-c2cccc3ccoc23)c1. The number of anilines is 1. The number of rotatable bonds is 3. The Morgan fingerprint density at radius 2 is 1.55 bits per heavy atom. The van der Waals surface area contributed by atoms with Crippen LogP contribution < -0.4 is 10.9 Å². The summed E-state index contributed by atoms with van der Waals surface area (Å²) in [5.41, 5.74) is 7.66. The molecule has 0 aliphatic heterocycles. The van der Waals surface area contributed by atoms with Crippen LogP contribution in [0.3, 0.4) is 0 Å². The van der Waals surface area contributed by atoms with Crippen molar-refractivity contribution in [1.29, 1.82) is 0 Å². The van der Waals surface area contributed by atoms with E-state index >= 15 is 0 Å². The van der Waals surface area contributed by atoms with Crippen molar-refractivity contribution in [2.24, 2.45) is 0 Å². The van der Waals surface area contributed by atoms with E-state index in [0.29, 0.717) is 0 Å². The molecular formula is C29H30N2O2. The van der Waals surface area contributed by atoms with E-state index in [1.165, 1.54) is 17.2 Å². The van der Waals surface area contributed by atoms with Crippen molar-refractivity contribution >= 4 is 16.7 Å². The van der Waals surface area contributed by atoms with Gasteiger partial charge in [-0.25, -0.2) is 0 Å². The number of para-hydroxylation sites is 1. The summed E-state index contributed by atoms with van der Waals surface area (Å²) in [4.78, 5) is 13.6. The van der Waals surface area contributed by atoms with E-state index in [2.05, 4.69) is 59.7 Å². The third-order valence-electron chi connectivity index (χ3n) is 5.08. The van der Waals surface area contributed by atoms with E-state index in [9.17, 15) is 4.79 Å². The highest BCUT2D eigenvalue weighted by molar-refractivity contribution is 5.92. The maximum atomic E-state index is 10.9. The van der Waals surface area contributed by atoms with Crippen LogP contribution in [0, 0.1) is 6.92 Å². The summed E-state index contributed by atoms with van der Waals surface area (Å²) in [7, 11) is 1.88. The van der Waals surface area contributed by atoms with E-state index in [1.54, 1.807) is 12.5 Å². The van der Waals surface area contributed by atoms with Gasteiger partial charge < -0.3 is 14.7 Å². The molecule has 0 radical (unpaired) electrons. The third-order valence-corrected chi connectivity index (χ3v) is 5.08. The lowest BCUT2D eigenvalue weighted by Crippen LogP contribution is -2.01. The highest BCUT2D eigenvalue weighted by Crippen LogP contribution is 2.29. The molecule has 0 aliphatic carbocycles. The Balaban J connectivity index is 0.000000173. The first kappa shape index (κ1) is 23.6. The number of pyridine rings is 1. The van der Waals surface area contributed by atoms with E-state index in [4.69, 9.17) is 4.42 Å². The Kier molecular flexibility index (Phi) is 8.25. The van der Waals surface area contributed by atoms with Gasteiger partial charge in [0, 0.05) is 35.9 Å². The van der Waals surface area contributed by atoms with Crippen LogP contribution in [0.1, 0.15) is 19.4 Å². The molecule has 3 aromatic carbocycles. The largest absolute Gasteiger partial charge is 0.464 e. The van der Waals surface area contributed by atoms with E-state index in [1.807, 2.05) is 57.3 Å². The number of hydrogen-bond acceptors (Lipinski definition) is 3. The van der Waals surface area contributed by atoms with Crippen molar-refractivity contribution < 1.29 is 4.42 Å². The maximum Gasteiger partial charge on any atom is 0.247 e. The van der Waals surface area contributed by atoms with Gasteiger partial charge in [-0.2, -0.15) is 0 Å². The first-order valence-corrected chi connectivity index (χ1v) is 11.1. The number of nitrogens with one attached hydrogen (secondary N) is 2. The number of aromatic amines is 1. The fourth-order valence-corrected chi connectivity index (χ4v) is 3.48. The first-order chi connectivity index (χ1) is 16.1. The van der Waals surface area contributed by atoms with Crippen LogP contribution in [-0.2, 0) is 0 Å². The van der Waals surface area contributed by atoms with Crippen LogP contribution in [0.4, 0.5) is 5.69 Å². The Bertz CT molecular complexity index is 1340. The number of H-pyrrole nitrogens is 1. The molecule has 0 saturated carbocycles.